The number of amides is 5. The predicted octanol–water partition coefficient (Wildman–Crippen LogP) is 3.81. The largest absolute Gasteiger partial charge is 0.491 e. The monoisotopic (exact) mass is 867 g/mol. The first-order chi connectivity index (χ1) is 28.7. The number of carbonyl (C=O) groups is 5. The Bertz CT molecular complexity index is 1510. The van der Waals surface area contributed by atoms with Gasteiger partial charge in [-0.15, -0.1) is 0 Å². The Morgan fingerprint density at radius 3 is 1.23 bits per heavy atom. The van der Waals surface area contributed by atoms with Crippen molar-refractivity contribution in [2.75, 3.05) is 125 Å². The van der Waals surface area contributed by atoms with Gasteiger partial charge in [0, 0.05) is 58.4 Å². The molecule has 2 bridgehead atoms. The van der Waals surface area contributed by atoms with E-state index in [-0.39, 0.29) is 83.5 Å². The molecule has 0 spiro atoms. The third-order valence-electron chi connectivity index (χ3n) is 8.56. The second kappa shape index (κ2) is 24.8. The number of fused-ring (bicyclic) bond motifs is 2. The summed E-state index contributed by atoms with van der Waals surface area (Å²) in [7, 11) is 0. The lowest BCUT2D eigenvalue weighted by Gasteiger charge is -2.35. The molecule has 0 aromatic heterocycles. The van der Waals surface area contributed by atoms with E-state index in [9.17, 15) is 24.0 Å². The fourth-order valence-electron chi connectivity index (χ4n) is 5.64. The number of ether oxygens (including phenoxy) is 9. The van der Waals surface area contributed by atoms with Crippen molar-refractivity contribution in [2.45, 2.75) is 79.1 Å². The second-order valence-corrected chi connectivity index (χ2v) is 17.3. The second-order valence-electron chi connectivity index (χ2n) is 17.3. The molecule has 61 heavy (non-hydrogen) atoms. The zero-order valence-electron chi connectivity index (χ0n) is 37.7. The molecule has 1 fully saturated rings. The Hall–Kier alpha value is -4.59. The number of carbonyl (C=O) groups excluding carboxylic acids is 5. The van der Waals surface area contributed by atoms with Gasteiger partial charge in [-0.05, 0) is 74.4 Å². The predicted molar refractivity (Wildman–Crippen MR) is 223 cm³/mol. The molecule has 1 aromatic rings. The van der Waals surface area contributed by atoms with E-state index < -0.39 is 53.4 Å². The summed E-state index contributed by atoms with van der Waals surface area (Å²) in [5.41, 5.74) is -2.26. The van der Waals surface area contributed by atoms with Crippen LogP contribution in [0.15, 0.2) is 18.2 Å². The summed E-state index contributed by atoms with van der Waals surface area (Å²) in [4.78, 5) is 73.7. The molecule has 1 saturated heterocycles. The van der Waals surface area contributed by atoms with E-state index in [4.69, 9.17) is 42.6 Å². The molecule has 3 rings (SSSR count). The number of rotatable bonds is 3. The van der Waals surface area contributed by atoms with E-state index in [1.54, 1.807) is 80.5 Å². The van der Waals surface area contributed by atoms with E-state index in [0.29, 0.717) is 52.0 Å². The zero-order chi connectivity index (χ0) is 45.1. The van der Waals surface area contributed by atoms with Crippen molar-refractivity contribution in [2.24, 2.45) is 0 Å². The molecule has 0 saturated carbocycles. The summed E-state index contributed by atoms with van der Waals surface area (Å²) in [5, 5.41) is 2.71. The summed E-state index contributed by atoms with van der Waals surface area (Å²) in [5.74, 6) is -0.371. The molecule has 0 atom stereocenters. The molecule has 0 unspecified atom stereocenters. The highest BCUT2D eigenvalue weighted by Crippen LogP contribution is 2.25. The van der Waals surface area contributed by atoms with Crippen LogP contribution in [-0.2, 0) is 38.0 Å². The molecule has 2 heterocycles. The Balaban J connectivity index is 1.82. The number of nitrogens with zero attached hydrogens (tertiary/aromatic N) is 4. The average molecular weight is 868 g/mol. The van der Waals surface area contributed by atoms with Crippen molar-refractivity contribution in [3.8, 4) is 11.5 Å². The third-order valence-corrected chi connectivity index (χ3v) is 8.56. The lowest BCUT2D eigenvalue weighted by atomic mass is 10.1. The number of benzene rings is 1. The van der Waals surface area contributed by atoms with Gasteiger partial charge in [0.05, 0.1) is 65.0 Å². The lowest BCUT2D eigenvalue weighted by Crippen LogP contribution is -2.53. The van der Waals surface area contributed by atoms with Gasteiger partial charge in [0.2, 0.25) is 5.91 Å². The molecule has 2 aliphatic heterocycles. The molecule has 1 N–H and O–H groups in total. The maximum Gasteiger partial charge on any atom is 0.410 e. The number of hydrogen-bond donors (Lipinski definition) is 1. The topological polar surface area (TPSA) is 193 Å². The van der Waals surface area contributed by atoms with E-state index in [2.05, 4.69) is 5.32 Å². The molecular weight excluding hydrogens is 798 g/mol. The summed E-state index contributed by atoms with van der Waals surface area (Å²) >= 11 is 0. The summed E-state index contributed by atoms with van der Waals surface area (Å²) in [6.07, 6.45) is -1.87. The van der Waals surface area contributed by atoms with Crippen LogP contribution in [0.25, 0.3) is 0 Å². The molecule has 2 aliphatic rings. The molecule has 0 aliphatic carbocycles. The van der Waals surface area contributed by atoms with Crippen LogP contribution in [0.2, 0.25) is 0 Å². The van der Waals surface area contributed by atoms with Crippen molar-refractivity contribution in [3.05, 3.63) is 23.8 Å². The van der Waals surface area contributed by atoms with E-state index >= 15 is 0 Å². The summed E-state index contributed by atoms with van der Waals surface area (Å²) in [6, 6.07) is 4.76. The Morgan fingerprint density at radius 2 is 0.852 bits per heavy atom. The van der Waals surface area contributed by atoms with Gasteiger partial charge in [0.15, 0.2) is 0 Å². The van der Waals surface area contributed by atoms with Gasteiger partial charge < -0.3 is 67.5 Å². The highest BCUT2D eigenvalue weighted by Gasteiger charge is 2.30. The van der Waals surface area contributed by atoms with Crippen molar-refractivity contribution in [1.82, 2.24) is 24.9 Å². The fraction of sp³-hybridized carbons (Fsp3) is 0.738. The van der Waals surface area contributed by atoms with Crippen LogP contribution in [-0.4, -0.2) is 191 Å². The van der Waals surface area contributed by atoms with Gasteiger partial charge in [0.25, 0.3) is 5.91 Å². The van der Waals surface area contributed by atoms with Crippen molar-refractivity contribution < 1.29 is 66.6 Å². The van der Waals surface area contributed by atoms with Crippen LogP contribution >= 0.6 is 0 Å². The first-order valence-corrected chi connectivity index (χ1v) is 20.9. The van der Waals surface area contributed by atoms with Crippen molar-refractivity contribution in [3.63, 3.8) is 0 Å². The van der Waals surface area contributed by atoms with Crippen LogP contribution in [0, 0.1) is 0 Å². The number of hydrogen-bond acceptors (Lipinski definition) is 14. The molecule has 1 aromatic carbocycles. The van der Waals surface area contributed by atoms with Gasteiger partial charge in [-0.3, -0.25) is 9.59 Å². The van der Waals surface area contributed by atoms with Crippen LogP contribution in [0.5, 0.6) is 11.5 Å². The van der Waals surface area contributed by atoms with Crippen LogP contribution < -0.4 is 14.8 Å². The minimum Gasteiger partial charge on any atom is -0.491 e. The van der Waals surface area contributed by atoms with Gasteiger partial charge in [-0.1, -0.05) is 0 Å². The van der Waals surface area contributed by atoms with E-state index in [1.807, 2.05) is 0 Å². The standard InChI is InChI=1S/C42H69N5O14/c1-40(2,3)59-37(50)45-14-12-44(13-15-46(38(51)60-41(4,5)6)17-19-47(18-16-45)39(52)61-42(7,8)9)35(48)31-43-36(49)33-11-10-32-30-34(33)58-29-27-56-25-23-54-21-20-53-22-24-55-26-28-57-32/h10-11,30H,12-29,31H2,1-9H3,(H,43,49). The minimum atomic E-state index is -0.816. The lowest BCUT2D eigenvalue weighted by molar-refractivity contribution is -0.130. The quantitative estimate of drug-likeness (QED) is 0.431. The van der Waals surface area contributed by atoms with Gasteiger partial charge in [-0.25, -0.2) is 14.4 Å². The summed E-state index contributed by atoms with van der Waals surface area (Å²) in [6.45, 7) is 18.9. The van der Waals surface area contributed by atoms with Crippen molar-refractivity contribution >= 4 is 30.1 Å². The fourth-order valence-corrected chi connectivity index (χ4v) is 5.64. The highest BCUT2D eigenvalue weighted by atomic mass is 16.6. The number of nitrogens with one attached hydrogen (secondary N) is 1. The summed E-state index contributed by atoms with van der Waals surface area (Å²) < 4.78 is 51.0. The Morgan fingerprint density at radius 1 is 0.508 bits per heavy atom. The molecule has 346 valence electrons. The first kappa shape index (κ1) is 50.8. The Kier molecular flexibility index (Phi) is 20.6. The van der Waals surface area contributed by atoms with Crippen LogP contribution in [0.1, 0.15) is 72.7 Å². The van der Waals surface area contributed by atoms with E-state index in [0.717, 1.165) is 0 Å². The van der Waals surface area contributed by atoms with Gasteiger partial charge in [0.1, 0.15) is 41.5 Å². The Labute approximate surface area is 360 Å². The smallest absolute Gasteiger partial charge is 0.410 e. The normalized spacial score (nSPS) is 18.0. The van der Waals surface area contributed by atoms with Gasteiger partial charge >= 0.3 is 18.3 Å². The van der Waals surface area contributed by atoms with Crippen LogP contribution in [0.3, 0.4) is 0 Å². The molecule has 19 heteroatoms. The zero-order valence-corrected chi connectivity index (χ0v) is 37.7. The first-order valence-electron chi connectivity index (χ1n) is 20.9. The van der Waals surface area contributed by atoms with Gasteiger partial charge in [-0.2, -0.15) is 0 Å². The van der Waals surface area contributed by atoms with Crippen molar-refractivity contribution in [1.29, 1.82) is 0 Å². The average Bonchev–Trinajstić information content (AvgIpc) is 3.14. The van der Waals surface area contributed by atoms with Crippen LogP contribution in [0.4, 0.5) is 14.4 Å². The molecular formula is C42H69N5O14. The molecule has 5 amide bonds. The SMILES string of the molecule is CC(C)(C)OC(=O)N1CCN(C(=O)CNC(=O)c2ccc3cc2OCCOCCOCCOCCOCCO3)CCN(C(=O)OC(C)(C)C)CCN(C(=O)OC(C)(C)C)CC1. The maximum absolute atomic E-state index is 14.0. The van der Waals surface area contributed by atoms with E-state index in [1.165, 1.54) is 19.6 Å². The molecule has 19 nitrogen and oxygen atoms in total. The maximum atomic E-state index is 14.0. The highest BCUT2D eigenvalue weighted by molar-refractivity contribution is 5.99. The minimum absolute atomic E-state index is 0.0186. The molecule has 0 radical (unpaired) electrons. The third kappa shape index (κ3) is 20.7.